The largest absolute Gasteiger partial charge is 0.347 e. The van der Waals surface area contributed by atoms with E-state index < -0.39 is 32.9 Å². The molecule has 3 aromatic carbocycles. The van der Waals surface area contributed by atoms with Crippen LogP contribution in [-0.2, 0) is 28.8 Å². The Morgan fingerprint density at radius 2 is 0.449 bits per heavy atom. The molecule has 3 rings (SSSR count). The summed E-state index contributed by atoms with van der Waals surface area (Å²) in [6.07, 6.45) is 0. The molecule has 0 aromatic heterocycles. The van der Waals surface area contributed by atoms with Gasteiger partial charge in [-0.3, -0.25) is 43.2 Å². The Morgan fingerprint density at radius 3 is 0.590 bits per heavy atom. The minimum atomic E-state index is -0.570. The lowest BCUT2D eigenvalue weighted by Crippen LogP contribution is -2.43. The zero-order valence-corrected chi connectivity index (χ0v) is 51.1. The summed E-state index contributed by atoms with van der Waals surface area (Å²) in [6.45, 7) is 43.9. The molecule has 0 aliphatic carbocycles. The summed E-state index contributed by atoms with van der Waals surface area (Å²) in [4.78, 5) is 111. The molecule has 432 valence electrons. The molecule has 3 aromatic rings. The van der Waals surface area contributed by atoms with E-state index in [1.165, 1.54) is 18.2 Å². The molecule has 18 nitrogen and oxygen atoms in total. The predicted octanol–water partition coefficient (Wildman–Crippen LogP) is 11.4. The number of benzene rings is 3. The Labute approximate surface area is 464 Å². The summed E-state index contributed by atoms with van der Waals surface area (Å²) < 4.78 is 0. The highest BCUT2D eigenvalue weighted by Gasteiger charge is 2.27. The second-order valence-electron chi connectivity index (χ2n) is 26.6. The summed E-state index contributed by atoms with van der Waals surface area (Å²) in [5.41, 5.74) is 0.873. The Balaban J connectivity index is 0.000000586. The summed E-state index contributed by atoms with van der Waals surface area (Å²) in [5, 5.41) is 25.5. The highest BCUT2D eigenvalue weighted by Crippen LogP contribution is 2.29. The third kappa shape index (κ3) is 26.3. The monoisotopic (exact) mass is 1080 g/mol. The molecule has 0 heterocycles. The maximum Gasteiger partial charge on any atom is 0.251 e. The van der Waals surface area contributed by atoms with Gasteiger partial charge in [0, 0.05) is 101 Å². The average Bonchev–Trinajstić information content (AvgIpc) is 3.23. The zero-order chi connectivity index (χ0) is 60.9. The number of anilines is 6. The van der Waals surface area contributed by atoms with Gasteiger partial charge in [0.15, 0.2) is 0 Å². The van der Waals surface area contributed by atoms with Crippen LogP contribution in [0.5, 0.6) is 0 Å². The first-order valence-electron chi connectivity index (χ1n) is 26.4. The van der Waals surface area contributed by atoms with Crippen LogP contribution in [0, 0.1) is 34.0 Å². The number of nitrogens with one attached hydrogen (secondary N) is 9. The number of hydrogen-bond acceptors (Lipinski definition) is 9. The van der Waals surface area contributed by atoms with Gasteiger partial charge >= 0.3 is 0 Å². The van der Waals surface area contributed by atoms with Gasteiger partial charge < -0.3 is 47.9 Å². The van der Waals surface area contributed by atoms with Crippen LogP contribution in [0.3, 0.4) is 0 Å². The lowest BCUT2D eigenvalue weighted by molar-refractivity contribution is -0.123. The standard InChI is InChI=1S/2C21H33N3O3.C18H27N3O3/c1-19(2,3)16(25)22-13-10-14(23-17(26)20(4,5)6)12-15(11-13)24-18(27)21(7,8)9;1-19(2,3)22-16(25)13-10-14(17(26)23-20(4,5)6)12-15(11-13)18(27)24-21(7,8)9;1-10(2)16(22)19-13-7-14(20-17(23)11(3)4)9-15(8-13)21-18(24)12(5)6/h2*10-12H,1-9H3,(H,22,25)(H,23,26)(H,24,27);7-12H,1-6H3,(H,19,22)(H,20,23)(H,21,24). The van der Waals surface area contributed by atoms with Gasteiger partial charge in [-0.25, -0.2) is 0 Å². The molecule has 78 heavy (non-hydrogen) atoms. The van der Waals surface area contributed by atoms with E-state index in [1.54, 1.807) is 77.9 Å². The molecule has 9 amide bonds. The fraction of sp³-hybridized carbons (Fsp3) is 0.550. The Kier molecular flexibility index (Phi) is 24.3. The van der Waals surface area contributed by atoms with Crippen LogP contribution in [0.25, 0.3) is 0 Å². The van der Waals surface area contributed by atoms with Crippen LogP contribution in [0.4, 0.5) is 34.1 Å². The molecule has 0 unspecified atom stereocenters. The summed E-state index contributed by atoms with van der Waals surface area (Å²) >= 11 is 0. The SMILES string of the molecule is CC(C)(C)C(=O)Nc1cc(NC(=O)C(C)(C)C)cc(NC(=O)C(C)(C)C)c1.CC(C)(C)NC(=O)c1cc(C(=O)NC(C)(C)C)cc(C(=O)NC(C)(C)C)c1.CC(C)C(=O)Nc1cc(NC(=O)C(C)C)cc(NC(=O)C(C)C)c1. The van der Waals surface area contributed by atoms with E-state index in [1.807, 2.05) is 125 Å². The van der Waals surface area contributed by atoms with Crippen molar-refractivity contribution in [3.8, 4) is 0 Å². The first kappa shape index (κ1) is 68.9. The van der Waals surface area contributed by atoms with Crippen molar-refractivity contribution in [2.75, 3.05) is 31.9 Å². The smallest absolute Gasteiger partial charge is 0.251 e. The third-order valence-corrected chi connectivity index (χ3v) is 10.2. The first-order chi connectivity index (χ1) is 35.1. The van der Waals surface area contributed by atoms with Gasteiger partial charge in [0.1, 0.15) is 0 Å². The summed E-state index contributed by atoms with van der Waals surface area (Å²) in [6, 6.07) is 14.6. The summed E-state index contributed by atoms with van der Waals surface area (Å²) in [7, 11) is 0. The number of carbonyl (C=O) groups is 9. The first-order valence-corrected chi connectivity index (χ1v) is 26.4. The van der Waals surface area contributed by atoms with Crippen molar-refractivity contribution in [2.24, 2.45) is 34.0 Å². The number of hydrogen-bond donors (Lipinski definition) is 9. The fourth-order valence-electron chi connectivity index (χ4n) is 5.76. The molecule has 0 aliphatic rings. The highest BCUT2D eigenvalue weighted by molar-refractivity contribution is 6.05. The van der Waals surface area contributed by atoms with Crippen LogP contribution in [0.15, 0.2) is 54.6 Å². The molecule has 0 aliphatic heterocycles. The maximum absolute atomic E-state index is 12.6. The molecule has 0 bridgehead atoms. The predicted molar refractivity (Wildman–Crippen MR) is 316 cm³/mol. The van der Waals surface area contributed by atoms with E-state index in [-0.39, 0.29) is 87.6 Å². The van der Waals surface area contributed by atoms with Crippen LogP contribution >= 0.6 is 0 Å². The van der Waals surface area contributed by atoms with Crippen molar-refractivity contribution < 1.29 is 43.2 Å². The van der Waals surface area contributed by atoms with Crippen LogP contribution in [-0.4, -0.2) is 69.8 Å². The average molecular weight is 1080 g/mol. The van der Waals surface area contributed by atoms with E-state index in [0.29, 0.717) is 34.1 Å². The molecule has 0 spiro atoms. The van der Waals surface area contributed by atoms with E-state index >= 15 is 0 Å². The number of carbonyl (C=O) groups excluding carboxylic acids is 9. The van der Waals surface area contributed by atoms with Crippen molar-refractivity contribution in [2.45, 2.75) is 183 Å². The van der Waals surface area contributed by atoms with Crippen LogP contribution in [0.1, 0.15) is 197 Å². The molecule has 0 saturated carbocycles. The Hall–Kier alpha value is -7.11. The van der Waals surface area contributed by atoms with Crippen molar-refractivity contribution >= 4 is 87.3 Å². The van der Waals surface area contributed by atoms with Gasteiger partial charge in [0.05, 0.1) is 0 Å². The van der Waals surface area contributed by atoms with Gasteiger partial charge in [-0.1, -0.05) is 104 Å². The number of amides is 9. The molecular formula is C60H93N9O9. The highest BCUT2D eigenvalue weighted by atomic mass is 16.2. The quantitative estimate of drug-likeness (QED) is 0.0834. The molecular weight excluding hydrogens is 991 g/mol. The lowest BCUT2D eigenvalue weighted by atomic mass is 9.95. The van der Waals surface area contributed by atoms with Gasteiger partial charge in [-0.05, 0) is 117 Å². The second-order valence-corrected chi connectivity index (χ2v) is 26.6. The summed E-state index contributed by atoms with van der Waals surface area (Å²) in [5.74, 6) is -2.41. The fourth-order valence-corrected chi connectivity index (χ4v) is 5.76. The number of rotatable bonds is 12. The van der Waals surface area contributed by atoms with Gasteiger partial charge in [0.25, 0.3) is 17.7 Å². The second kappa shape index (κ2) is 27.5. The van der Waals surface area contributed by atoms with Crippen molar-refractivity contribution in [1.82, 2.24) is 16.0 Å². The maximum atomic E-state index is 12.6. The lowest BCUT2D eigenvalue weighted by Gasteiger charge is -2.23. The topological polar surface area (TPSA) is 262 Å². The molecule has 9 N–H and O–H groups in total. The minimum Gasteiger partial charge on any atom is -0.347 e. The molecule has 0 saturated heterocycles. The van der Waals surface area contributed by atoms with Crippen molar-refractivity contribution in [3.05, 3.63) is 71.3 Å². The third-order valence-electron chi connectivity index (χ3n) is 10.2. The van der Waals surface area contributed by atoms with E-state index in [9.17, 15) is 43.2 Å². The van der Waals surface area contributed by atoms with Crippen LogP contribution < -0.4 is 47.9 Å². The van der Waals surface area contributed by atoms with Crippen molar-refractivity contribution in [1.29, 1.82) is 0 Å². The Bertz CT molecular complexity index is 2340. The Morgan fingerprint density at radius 1 is 0.282 bits per heavy atom. The van der Waals surface area contributed by atoms with E-state index in [4.69, 9.17) is 0 Å². The van der Waals surface area contributed by atoms with Crippen LogP contribution in [0.2, 0.25) is 0 Å². The van der Waals surface area contributed by atoms with Crippen molar-refractivity contribution in [3.63, 3.8) is 0 Å². The molecule has 0 radical (unpaired) electrons. The zero-order valence-electron chi connectivity index (χ0n) is 51.1. The van der Waals surface area contributed by atoms with E-state index in [0.717, 1.165) is 0 Å². The normalized spacial score (nSPS) is 11.9. The van der Waals surface area contributed by atoms with E-state index in [2.05, 4.69) is 47.9 Å². The molecule has 0 atom stereocenters. The molecule has 0 fully saturated rings. The minimum absolute atomic E-state index is 0.136. The van der Waals surface area contributed by atoms with Gasteiger partial charge in [0.2, 0.25) is 35.4 Å². The van der Waals surface area contributed by atoms with Gasteiger partial charge in [-0.2, -0.15) is 0 Å². The molecule has 18 heteroatoms. The van der Waals surface area contributed by atoms with Gasteiger partial charge in [-0.15, -0.1) is 0 Å².